The average molecular weight is 295 g/mol. The largest absolute Gasteiger partial charge is 0.505 e. The normalized spacial score (nSPS) is 14.7. The van der Waals surface area contributed by atoms with E-state index in [1.165, 1.54) is 14.0 Å². The summed E-state index contributed by atoms with van der Waals surface area (Å²) in [6.45, 7) is 1.48. The van der Waals surface area contributed by atoms with Crippen LogP contribution in [0.2, 0.25) is 0 Å². The minimum Gasteiger partial charge on any atom is -0.505 e. The number of hydrogen-bond acceptors (Lipinski definition) is 4. The third-order valence-corrected chi connectivity index (χ3v) is 2.67. The van der Waals surface area contributed by atoms with Crippen molar-refractivity contribution in [3.8, 4) is 5.75 Å². The highest BCUT2D eigenvalue weighted by Crippen LogP contribution is 2.29. The van der Waals surface area contributed by atoms with Gasteiger partial charge in [0.05, 0.1) is 0 Å². The summed E-state index contributed by atoms with van der Waals surface area (Å²) in [5, 5.41) is 11.9. The number of carbonyl (C=O) groups excluding carboxylic acids is 1. The van der Waals surface area contributed by atoms with Crippen LogP contribution in [-0.2, 0) is 9.53 Å². The molecule has 0 saturated heterocycles. The van der Waals surface area contributed by atoms with Crippen LogP contribution in [0.15, 0.2) is 18.2 Å². The van der Waals surface area contributed by atoms with Crippen molar-refractivity contribution in [1.82, 2.24) is 5.32 Å². The molecule has 0 fully saturated rings. The second-order valence-electron chi connectivity index (χ2n) is 4.11. The lowest BCUT2D eigenvalue weighted by Crippen LogP contribution is -2.35. The van der Waals surface area contributed by atoms with Crippen LogP contribution in [0.25, 0.3) is 0 Å². The van der Waals surface area contributed by atoms with Gasteiger partial charge in [0, 0.05) is 6.04 Å². The van der Waals surface area contributed by atoms with Crippen LogP contribution in [-0.4, -0.2) is 30.3 Å². The summed E-state index contributed by atoms with van der Waals surface area (Å²) in [5.41, 5.74) is 0.0448. The number of halogens is 4. The Morgan fingerprint density at radius 1 is 1.40 bits per heavy atom. The van der Waals surface area contributed by atoms with Crippen molar-refractivity contribution in [3.63, 3.8) is 0 Å². The zero-order chi connectivity index (χ0) is 15.5. The first kappa shape index (κ1) is 16.2. The van der Waals surface area contributed by atoms with E-state index in [9.17, 15) is 27.5 Å². The van der Waals surface area contributed by atoms with Crippen molar-refractivity contribution < 1.29 is 32.2 Å². The Morgan fingerprint density at radius 2 is 2.00 bits per heavy atom. The SMILES string of the molecule is CNC(C)C(OC(=O)C(F)(F)F)c1ccc(F)c(O)c1. The molecule has 0 aromatic heterocycles. The molecule has 8 heteroatoms. The van der Waals surface area contributed by atoms with Gasteiger partial charge in [-0.1, -0.05) is 6.07 Å². The Kier molecular flexibility index (Phi) is 4.93. The number of phenolic OH excluding ortho intramolecular Hbond substituents is 1. The summed E-state index contributed by atoms with van der Waals surface area (Å²) in [7, 11) is 1.46. The Bertz CT molecular complexity index is 490. The summed E-state index contributed by atoms with van der Waals surface area (Å²) in [4.78, 5) is 10.9. The molecule has 0 aliphatic carbocycles. The van der Waals surface area contributed by atoms with Gasteiger partial charge in [-0.25, -0.2) is 9.18 Å². The minimum atomic E-state index is -5.13. The molecule has 4 nitrogen and oxygen atoms in total. The molecule has 0 amide bonds. The van der Waals surface area contributed by atoms with Crippen molar-refractivity contribution in [2.45, 2.75) is 25.2 Å². The Labute approximate surface area is 112 Å². The topological polar surface area (TPSA) is 58.6 Å². The lowest BCUT2D eigenvalue weighted by atomic mass is 10.0. The fraction of sp³-hybridized carbons (Fsp3) is 0.417. The van der Waals surface area contributed by atoms with Gasteiger partial charge in [0.2, 0.25) is 0 Å². The van der Waals surface area contributed by atoms with Gasteiger partial charge in [-0.05, 0) is 31.7 Å². The average Bonchev–Trinajstić information content (AvgIpc) is 2.37. The summed E-state index contributed by atoms with van der Waals surface area (Å²) >= 11 is 0. The molecule has 0 heterocycles. The van der Waals surface area contributed by atoms with Gasteiger partial charge in [0.25, 0.3) is 0 Å². The van der Waals surface area contributed by atoms with Crippen LogP contribution in [0.3, 0.4) is 0 Å². The third-order valence-electron chi connectivity index (χ3n) is 2.67. The van der Waals surface area contributed by atoms with E-state index in [-0.39, 0.29) is 5.56 Å². The van der Waals surface area contributed by atoms with E-state index in [0.29, 0.717) is 0 Å². The third kappa shape index (κ3) is 3.83. The Balaban J connectivity index is 3.06. The first-order valence-electron chi connectivity index (χ1n) is 5.60. The second kappa shape index (κ2) is 6.08. The number of esters is 1. The predicted molar refractivity (Wildman–Crippen MR) is 61.5 cm³/mol. The first-order chi connectivity index (χ1) is 9.16. The van der Waals surface area contributed by atoms with Crippen molar-refractivity contribution in [2.24, 2.45) is 0 Å². The summed E-state index contributed by atoms with van der Waals surface area (Å²) < 4.78 is 54.0. The first-order valence-corrected chi connectivity index (χ1v) is 5.60. The van der Waals surface area contributed by atoms with Crippen LogP contribution in [0, 0.1) is 5.82 Å². The van der Waals surface area contributed by atoms with Crippen molar-refractivity contribution >= 4 is 5.97 Å². The number of benzene rings is 1. The molecule has 2 atom stereocenters. The zero-order valence-corrected chi connectivity index (χ0v) is 10.7. The number of aromatic hydroxyl groups is 1. The van der Waals surface area contributed by atoms with Crippen LogP contribution in [0.5, 0.6) is 5.75 Å². The Hall–Kier alpha value is -1.83. The molecular formula is C12H13F4NO3. The van der Waals surface area contributed by atoms with Crippen LogP contribution < -0.4 is 5.32 Å². The number of likely N-dealkylation sites (N-methyl/N-ethyl adjacent to an activating group) is 1. The molecule has 1 aromatic carbocycles. The van der Waals surface area contributed by atoms with Gasteiger partial charge in [-0.3, -0.25) is 0 Å². The van der Waals surface area contributed by atoms with Crippen molar-refractivity contribution in [3.05, 3.63) is 29.6 Å². The highest BCUT2D eigenvalue weighted by atomic mass is 19.4. The highest BCUT2D eigenvalue weighted by molar-refractivity contribution is 5.76. The van der Waals surface area contributed by atoms with E-state index >= 15 is 0 Å². The molecule has 112 valence electrons. The molecular weight excluding hydrogens is 282 g/mol. The lowest BCUT2D eigenvalue weighted by molar-refractivity contribution is -0.206. The maximum absolute atomic E-state index is 12.9. The number of phenols is 1. The zero-order valence-electron chi connectivity index (χ0n) is 10.7. The molecule has 0 aliphatic heterocycles. The predicted octanol–water partition coefficient (Wildman–Crippen LogP) is 2.29. The molecule has 0 saturated carbocycles. The summed E-state index contributed by atoms with van der Waals surface area (Å²) in [5.74, 6) is -4.01. The molecule has 20 heavy (non-hydrogen) atoms. The highest BCUT2D eigenvalue weighted by Gasteiger charge is 2.43. The van der Waals surface area contributed by atoms with Gasteiger partial charge in [-0.2, -0.15) is 13.2 Å². The van der Waals surface area contributed by atoms with Crippen LogP contribution in [0.4, 0.5) is 17.6 Å². The van der Waals surface area contributed by atoms with E-state index in [1.54, 1.807) is 0 Å². The van der Waals surface area contributed by atoms with Gasteiger partial charge < -0.3 is 15.2 Å². The van der Waals surface area contributed by atoms with Gasteiger partial charge in [0.1, 0.15) is 6.10 Å². The maximum atomic E-state index is 12.9. The number of carbonyl (C=O) groups is 1. The number of nitrogens with one attached hydrogen (secondary N) is 1. The van der Waals surface area contributed by atoms with E-state index in [1.807, 2.05) is 0 Å². The molecule has 1 rings (SSSR count). The van der Waals surface area contributed by atoms with Crippen LogP contribution >= 0.6 is 0 Å². The number of alkyl halides is 3. The fourth-order valence-corrected chi connectivity index (χ4v) is 1.50. The molecule has 2 unspecified atom stereocenters. The van der Waals surface area contributed by atoms with E-state index in [2.05, 4.69) is 10.1 Å². The summed E-state index contributed by atoms with van der Waals surface area (Å²) in [6.07, 6.45) is -6.45. The number of hydrogen-bond donors (Lipinski definition) is 2. The number of rotatable bonds is 4. The molecule has 0 radical (unpaired) electrons. The van der Waals surface area contributed by atoms with Crippen LogP contribution in [0.1, 0.15) is 18.6 Å². The minimum absolute atomic E-state index is 0.0448. The smallest absolute Gasteiger partial charge is 0.490 e. The molecule has 1 aromatic rings. The quantitative estimate of drug-likeness (QED) is 0.661. The van der Waals surface area contributed by atoms with Gasteiger partial charge in [0.15, 0.2) is 11.6 Å². The molecule has 2 N–H and O–H groups in total. The van der Waals surface area contributed by atoms with E-state index < -0.39 is 35.9 Å². The van der Waals surface area contributed by atoms with Crippen molar-refractivity contribution in [2.75, 3.05) is 7.05 Å². The summed E-state index contributed by atoms with van der Waals surface area (Å²) in [6, 6.07) is 2.25. The lowest BCUT2D eigenvalue weighted by Gasteiger charge is -2.24. The van der Waals surface area contributed by atoms with Gasteiger partial charge in [-0.15, -0.1) is 0 Å². The second-order valence-corrected chi connectivity index (χ2v) is 4.11. The fourth-order valence-electron chi connectivity index (χ4n) is 1.50. The van der Waals surface area contributed by atoms with E-state index in [0.717, 1.165) is 18.2 Å². The van der Waals surface area contributed by atoms with Gasteiger partial charge >= 0.3 is 12.1 Å². The molecule has 0 aliphatic rings. The van der Waals surface area contributed by atoms with E-state index in [4.69, 9.17) is 0 Å². The standard InChI is InChI=1S/C12H13F4NO3/c1-6(17-2)10(20-11(19)12(14,15)16)7-3-4-8(13)9(18)5-7/h3-6,10,17-18H,1-2H3. The van der Waals surface area contributed by atoms with Crippen molar-refractivity contribution in [1.29, 1.82) is 0 Å². The maximum Gasteiger partial charge on any atom is 0.490 e. The Morgan fingerprint density at radius 3 is 2.45 bits per heavy atom. The number of ether oxygens (including phenoxy) is 1. The monoisotopic (exact) mass is 295 g/mol. The molecule has 0 bridgehead atoms. The molecule has 0 spiro atoms.